The predicted molar refractivity (Wildman–Crippen MR) is 99.6 cm³/mol. The monoisotopic (exact) mass is 379 g/mol. The molecule has 0 saturated carbocycles. The highest BCUT2D eigenvalue weighted by Crippen LogP contribution is 2.29. The first kappa shape index (κ1) is 18.3. The zero-order valence-corrected chi connectivity index (χ0v) is 16.2. The molecule has 134 valence electrons. The average molecular weight is 380 g/mol. The highest BCUT2D eigenvalue weighted by atomic mass is 35.5. The molecule has 2 aromatic rings. The van der Waals surface area contributed by atoms with Crippen LogP contribution in [0.4, 0.5) is 0 Å². The molecule has 0 spiro atoms. The second-order valence-electron chi connectivity index (χ2n) is 6.83. The summed E-state index contributed by atoms with van der Waals surface area (Å²) in [5.74, 6) is 1.63. The number of carbonyl (C=O) groups is 1. The van der Waals surface area contributed by atoms with Crippen LogP contribution in [0.5, 0.6) is 0 Å². The number of thioether (sulfide) groups is 1. The quantitative estimate of drug-likeness (QED) is 0.738. The molecule has 1 saturated heterocycles. The fourth-order valence-electron chi connectivity index (χ4n) is 3.30. The highest BCUT2D eigenvalue weighted by Gasteiger charge is 2.29. The molecule has 1 aromatic carbocycles. The minimum absolute atomic E-state index is 0.130. The third-order valence-electron chi connectivity index (χ3n) is 4.28. The van der Waals surface area contributed by atoms with Gasteiger partial charge in [-0.15, -0.1) is 10.2 Å². The van der Waals surface area contributed by atoms with Gasteiger partial charge in [-0.3, -0.25) is 4.79 Å². The molecule has 0 aliphatic carbocycles. The number of hydrogen-bond acceptors (Lipinski definition) is 5. The Kier molecular flexibility index (Phi) is 5.69. The Morgan fingerprint density at radius 2 is 2.04 bits per heavy atom. The topological polar surface area (TPSA) is 59.2 Å². The summed E-state index contributed by atoms with van der Waals surface area (Å²) >= 11 is 7.29. The molecular formula is C18H22ClN3O2S. The number of piperidine rings is 1. The standard InChI is InChI=1S/C18H22ClN3O2S/c1-11-7-12(2)10-22(9-11)17(23)13(3)25-18-21-20-16(24-18)14-5-4-6-15(19)8-14/h4-6,8,11-13H,7,9-10H2,1-3H3. The normalized spacial score (nSPS) is 22.0. The van der Waals surface area contributed by atoms with E-state index in [-0.39, 0.29) is 11.2 Å². The molecule has 0 N–H and O–H groups in total. The van der Waals surface area contributed by atoms with Gasteiger partial charge in [0, 0.05) is 23.7 Å². The maximum atomic E-state index is 12.7. The van der Waals surface area contributed by atoms with Crippen LogP contribution in [0.1, 0.15) is 27.2 Å². The van der Waals surface area contributed by atoms with Crippen LogP contribution in [0.25, 0.3) is 11.5 Å². The summed E-state index contributed by atoms with van der Waals surface area (Å²) in [5, 5.41) is 8.86. The van der Waals surface area contributed by atoms with Crippen molar-refractivity contribution in [3.63, 3.8) is 0 Å². The van der Waals surface area contributed by atoms with E-state index in [1.165, 1.54) is 18.2 Å². The Bertz CT molecular complexity index is 741. The summed E-state index contributed by atoms with van der Waals surface area (Å²) in [6.45, 7) is 7.93. The molecule has 3 rings (SSSR count). The minimum atomic E-state index is -0.259. The van der Waals surface area contributed by atoms with E-state index in [2.05, 4.69) is 24.0 Å². The summed E-state index contributed by atoms with van der Waals surface area (Å²) in [7, 11) is 0. The van der Waals surface area contributed by atoms with E-state index >= 15 is 0 Å². The lowest BCUT2D eigenvalue weighted by atomic mass is 9.92. The zero-order chi connectivity index (χ0) is 18.0. The average Bonchev–Trinajstić information content (AvgIpc) is 3.01. The van der Waals surface area contributed by atoms with Gasteiger partial charge >= 0.3 is 0 Å². The van der Waals surface area contributed by atoms with Gasteiger partial charge in [0.15, 0.2) is 0 Å². The minimum Gasteiger partial charge on any atom is -0.411 e. The zero-order valence-electron chi connectivity index (χ0n) is 14.6. The van der Waals surface area contributed by atoms with Crippen molar-refractivity contribution >= 4 is 29.3 Å². The number of amides is 1. The van der Waals surface area contributed by atoms with Gasteiger partial charge < -0.3 is 9.32 Å². The first-order valence-electron chi connectivity index (χ1n) is 8.47. The van der Waals surface area contributed by atoms with E-state index in [0.717, 1.165) is 18.7 Å². The Morgan fingerprint density at radius 1 is 1.32 bits per heavy atom. The second-order valence-corrected chi connectivity index (χ2v) is 8.56. The van der Waals surface area contributed by atoms with E-state index in [1.54, 1.807) is 12.1 Å². The molecule has 1 aromatic heterocycles. The van der Waals surface area contributed by atoms with E-state index in [9.17, 15) is 4.79 Å². The molecule has 3 atom stereocenters. The fourth-order valence-corrected chi connectivity index (χ4v) is 4.25. The highest BCUT2D eigenvalue weighted by molar-refractivity contribution is 8.00. The van der Waals surface area contributed by atoms with Gasteiger partial charge in [0.2, 0.25) is 11.8 Å². The molecule has 5 nitrogen and oxygen atoms in total. The van der Waals surface area contributed by atoms with Crippen LogP contribution >= 0.6 is 23.4 Å². The lowest BCUT2D eigenvalue weighted by molar-refractivity contribution is -0.132. The summed E-state index contributed by atoms with van der Waals surface area (Å²) in [5.41, 5.74) is 0.768. The third kappa shape index (κ3) is 4.55. The van der Waals surface area contributed by atoms with Gasteiger partial charge in [0.1, 0.15) is 0 Å². The molecule has 3 unspecified atom stereocenters. The SMILES string of the molecule is CC1CC(C)CN(C(=O)C(C)Sc2nnc(-c3cccc(Cl)c3)o2)C1. The Morgan fingerprint density at radius 3 is 2.72 bits per heavy atom. The van der Waals surface area contributed by atoms with Crippen LogP contribution in [-0.4, -0.2) is 39.3 Å². The summed E-state index contributed by atoms with van der Waals surface area (Å²) < 4.78 is 5.69. The molecular weight excluding hydrogens is 358 g/mol. The molecule has 25 heavy (non-hydrogen) atoms. The van der Waals surface area contributed by atoms with Gasteiger partial charge in [0.05, 0.1) is 5.25 Å². The molecule has 0 radical (unpaired) electrons. The smallest absolute Gasteiger partial charge is 0.277 e. The first-order valence-corrected chi connectivity index (χ1v) is 9.73. The number of carbonyl (C=O) groups excluding carboxylic acids is 1. The summed E-state index contributed by atoms with van der Waals surface area (Å²) in [6.07, 6.45) is 1.18. The Labute approximate surface area is 157 Å². The lowest BCUT2D eigenvalue weighted by Crippen LogP contribution is -2.45. The van der Waals surface area contributed by atoms with Crippen LogP contribution in [0.2, 0.25) is 5.02 Å². The Hall–Kier alpha value is -1.53. The van der Waals surface area contributed by atoms with Crippen molar-refractivity contribution in [3.8, 4) is 11.5 Å². The predicted octanol–water partition coefficient (Wildman–Crippen LogP) is 4.38. The number of hydrogen-bond donors (Lipinski definition) is 0. The molecule has 7 heteroatoms. The van der Waals surface area contributed by atoms with Gasteiger partial charge in [-0.05, 0) is 43.4 Å². The number of benzene rings is 1. The third-order valence-corrected chi connectivity index (χ3v) is 5.44. The maximum absolute atomic E-state index is 12.7. The van der Waals surface area contributed by atoms with Crippen molar-refractivity contribution < 1.29 is 9.21 Å². The van der Waals surface area contributed by atoms with Gasteiger partial charge in [-0.25, -0.2) is 0 Å². The largest absolute Gasteiger partial charge is 0.411 e. The second kappa shape index (κ2) is 7.79. The molecule has 1 amide bonds. The Balaban J connectivity index is 1.65. The van der Waals surface area contributed by atoms with Gasteiger partial charge in [-0.1, -0.05) is 43.3 Å². The van der Waals surface area contributed by atoms with E-state index < -0.39 is 0 Å². The van der Waals surface area contributed by atoms with Gasteiger partial charge in [0.25, 0.3) is 5.22 Å². The maximum Gasteiger partial charge on any atom is 0.277 e. The molecule has 1 fully saturated rings. The van der Waals surface area contributed by atoms with Crippen LogP contribution in [0.15, 0.2) is 33.9 Å². The number of rotatable bonds is 4. The molecule has 0 bridgehead atoms. The van der Waals surface area contributed by atoms with E-state index in [1.807, 2.05) is 24.0 Å². The van der Waals surface area contributed by atoms with Crippen molar-refractivity contribution in [1.82, 2.24) is 15.1 Å². The molecule has 1 aliphatic heterocycles. The van der Waals surface area contributed by atoms with Crippen LogP contribution in [-0.2, 0) is 4.79 Å². The van der Waals surface area contributed by atoms with Crippen LogP contribution in [0.3, 0.4) is 0 Å². The summed E-state index contributed by atoms with van der Waals surface area (Å²) in [6, 6.07) is 7.26. The number of aromatic nitrogens is 2. The first-order chi connectivity index (χ1) is 11.9. The number of halogens is 1. The lowest BCUT2D eigenvalue weighted by Gasteiger charge is -2.36. The van der Waals surface area contributed by atoms with Crippen LogP contribution in [0, 0.1) is 11.8 Å². The number of nitrogens with zero attached hydrogens (tertiary/aromatic N) is 3. The number of likely N-dealkylation sites (tertiary alicyclic amines) is 1. The molecule has 2 heterocycles. The van der Waals surface area contributed by atoms with Crippen LogP contribution < -0.4 is 0 Å². The van der Waals surface area contributed by atoms with Crippen molar-refractivity contribution in [3.05, 3.63) is 29.3 Å². The summed E-state index contributed by atoms with van der Waals surface area (Å²) in [4.78, 5) is 14.7. The fraction of sp³-hybridized carbons (Fsp3) is 0.500. The van der Waals surface area contributed by atoms with Crippen molar-refractivity contribution in [2.75, 3.05) is 13.1 Å². The van der Waals surface area contributed by atoms with E-state index in [4.69, 9.17) is 16.0 Å². The van der Waals surface area contributed by atoms with E-state index in [0.29, 0.717) is 28.0 Å². The van der Waals surface area contributed by atoms with Gasteiger partial charge in [-0.2, -0.15) is 0 Å². The van der Waals surface area contributed by atoms with Crippen molar-refractivity contribution in [2.45, 2.75) is 37.7 Å². The molecule has 1 aliphatic rings. The van der Waals surface area contributed by atoms with Crippen molar-refractivity contribution in [1.29, 1.82) is 0 Å². The van der Waals surface area contributed by atoms with Crippen molar-refractivity contribution in [2.24, 2.45) is 11.8 Å².